The molecule has 1 aliphatic rings. The Bertz CT molecular complexity index is 157. The van der Waals surface area contributed by atoms with E-state index in [4.69, 9.17) is 0 Å². The monoisotopic (exact) mass is 217 g/mol. The average Bonchev–Trinajstić information content (AvgIpc) is 2.60. The summed E-state index contributed by atoms with van der Waals surface area (Å²) in [5.74, 6) is 2.32. The largest absolute Gasteiger partial charge is 0.389 e. The van der Waals surface area contributed by atoms with Crippen LogP contribution in [0.4, 0.5) is 0 Å². The van der Waals surface area contributed by atoms with Crippen LogP contribution in [0.3, 0.4) is 0 Å². The van der Waals surface area contributed by atoms with E-state index in [2.05, 4.69) is 19.2 Å². The summed E-state index contributed by atoms with van der Waals surface area (Å²) in [7, 11) is 0. The van der Waals surface area contributed by atoms with Crippen LogP contribution < -0.4 is 5.32 Å². The molecule has 1 unspecified atom stereocenters. The molecule has 0 aromatic carbocycles. The lowest BCUT2D eigenvalue weighted by atomic mass is 10.0. The number of hydrogen-bond donors (Lipinski definition) is 2. The molecular weight excluding hydrogens is 194 g/mol. The van der Waals surface area contributed by atoms with Gasteiger partial charge in [-0.3, -0.25) is 0 Å². The summed E-state index contributed by atoms with van der Waals surface area (Å²) in [5.41, 5.74) is -0.398. The van der Waals surface area contributed by atoms with Gasteiger partial charge < -0.3 is 10.4 Å². The molecule has 0 amide bonds. The van der Waals surface area contributed by atoms with Crippen LogP contribution in [0, 0.1) is 0 Å². The maximum atomic E-state index is 10.1. The van der Waals surface area contributed by atoms with Crippen molar-refractivity contribution in [1.82, 2.24) is 5.32 Å². The molecule has 1 atom stereocenters. The first-order chi connectivity index (χ1) is 6.66. The molecule has 0 aliphatic heterocycles. The Labute approximate surface area is 91.9 Å². The van der Waals surface area contributed by atoms with Gasteiger partial charge in [-0.15, -0.1) is 0 Å². The van der Waals surface area contributed by atoms with Crippen LogP contribution in [-0.4, -0.2) is 34.8 Å². The quantitative estimate of drug-likeness (QED) is 0.714. The molecule has 0 aromatic heterocycles. The summed E-state index contributed by atoms with van der Waals surface area (Å²) in [4.78, 5) is 0. The number of nitrogens with one attached hydrogen (secondary N) is 1. The first kappa shape index (κ1) is 12.3. The highest BCUT2D eigenvalue weighted by molar-refractivity contribution is 7.99. The van der Waals surface area contributed by atoms with Gasteiger partial charge in [0.1, 0.15) is 0 Å². The molecule has 0 bridgehead atoms. The Morgan fingerprint density at radius 3 is 2.64 bits per heavy atom. The molecule has 0 aromatic rings. The SMILES string of the molecule is CCSCC(C)NCC1(O)CCCC1. The Balaban J connectivity index is 2.12. The fourth-order valence-corrected chi connectivity index (χ4v) is 2.63. The van der Waals surface area contributed by atoms with Crippen LogP contribution in [0.1, 0.15) is 39.5 Å². The molecule has 0 heterocycles. The van der Waals surface area contributed by atoms with E-state index in [0.717, 1.165) is 25.1 Å². The van der Waals surface area contributed by atoms with E-state index in [9.17, 15) is 5.11 Å². The number of rotatable bonds is 6. The number of aliphatic hydroxyl groups is 1. The van der Waals surface area contributed by atoms with Crippen molar-refractivity contribution < 1.29 is 5.11 Å². The van der Waals surface area contributed by atoms with Gasteiger partial charge >= 0.3 is 0 Å². The Kier molecular flexibility index (Phi) is 5.28. The predicted molar refractivity (Wildman–Crippen MR) is 63.9 cm³/mol. The Morgan fingerprint density at radius 2 is 2.07 bits per heavy atom. The molecule has 1 rings (SSSR count). The van der Waals surface area contributed by atoms with Crippen LogP contribution in [0.25, 0.3) is 0 Å². The van der Waals surface area contributed by atoms with Crippen molar-refractivity contribution in [3.05, 3.63) is 0 Å². The predicted octanol–water partition coefficient (Wildman–Crippen LogP) is 2.02. The second-order valence-electron chi connectivity index (χ2n) is 4.37. The van der Waals surface area contributed by atoms with Crippen molar-refractivity contribution in [3.63, 3.8) is 0 Å². The van der Waals surface area contributed by atoms with E-state index in [-0.39, 0.29) is 0 Å². The number of thioether (sulfide) groups is 1. The normalized spacial score (nSPS) is 22.5. The van der Waals surface area contributed by atoms with Crippen molar-refractivity contribution in [2.45, 2.75) is 51.2 Å². The van der Waals surface area contributed by atoms with Gasteiger partial charge in [-0.05, 0) is 25.5 Å². The number of hydrogen-bond acceptors (Lipinski definition) is 3. The van der Waals surface area contributed by atoms with Gasteiger partial charge in [0.05, 0.1) is 5.60 Å². The highest BCUT2D eigenvalue weighted by atomic mass is 32.2. The third kappa shape index (κ3) is 4.20. The maximum Gasteiger partial charge on any atom is 0.0771 e. The van der Waals surface area contributed by atoms with E-state index in [1.54, 1.807) is 0 Å². The first-order valence-corrected chi connectivity index (χ1v) is 6.85. The summed E-state index contributed by atoms with van der Waals surface area (Å²) in [6.45, 7) is 5.15. The molecular formula is C11H23NOS. The molecule has 84 valence electrons. The summed E-state index contributed by atoms with van der Waals surface area (Å²) >= 11 is 1.95. The second-order valence-corrected chi connectivity index (χ2v) is 5.69. The third-order valence-corrected chi connectivity index (χ3v) is 4.03. The van der Waals surface area contributed by atoms with Gasteiger partial charge in [-0.25, -0.2) is 0 Å². The van der Waals surface area contributed by atoms with Crippen LogP contribution in [0.15, 0.2) is 0 Å². The summed E-state index contributed by atoms with van der Waals surface area (Å²) < 4.78 is 0. The second kappa shape index (κ2) is 5.99. The Hall–Kier alpha value is 0.270. The summed E-state index contributed by atoms with van der Waals surface area (Å²) in [5, 5.41) is 13.5. The van der Waals surface area contributed by atoms with Gasteiger partial charge in [-0.2, -0.15) is 11.8 Å². The average molecular weight is 217 g/mol. The van der Waals surface area contributed by atoms with E-state index in [0.29, 0.717) is 6.04 Å². The fraction of sp³-hybridized carbons (Fsp3) is 1.00. The molecule has 2 N–H and O–H groups in total. The highest BCUT2D eigenvalue weighted by Crippen LogP contribution is 2.28. The van der Waals surface area contributed by atoms with Gasteiger partial charge in [0, 0.05) is 18.3 Å². The zero-order valence-corrected chi connectivity index (χ0v) is 10.2. The van der Waals surface area contributed by atoms with Gasteiger partial charge in [0.25, 0.3) is 0 Å². The lowest BCUT2D eigenvalue weighted by Crippen LogP contribution is -2.42. The van der Waals surface area contributed by atoms with Crippen LogP contribution in [0.5, 0.6) is 0 Å². The molecule has 0 saturated heterocycles. The minimum Gasteiger partial charge on any atom is -0.389 e. The van der Waals surface area contributed by atoms with E-state index in [1.807, 2.05) is 11.8 Å². The molecule has 2 nitrogen and oxygen atoms in total. The topological polar surface area (TPSA) is 32.3 Å². The summed E-state index contributed by atoms with van der Waals surface area (Å²) in [6.07, 6.45) is 4.34. The standard InChI is InChI=1S/C11H23NOS/c1-3-14-8-10(2)12-9-11(13)6-4-5-7-11/h10,12-13H,3-9H2,1-2H3. The molecule has 3 heteroatoms. The van der Waals surface area contributed by atoms with E-state index in [1.165, 1.54) is 18.6 Å². The molecule has 0 radical (unpaired) electrons. The van der Waals surface area contributed by atoms with Gasteiger partial charge in [0.15, 0.2) is 0 Å². The molecule has 0 spiro atoms. The lowest BCUT2D eigenvalue weighted by molar-refractivity contribution is 0.0460. The zero-order chi connectivity index (χ0) is 10.4. The molecule has 1 fully saturated rings. The van der Waals surface area contributed by atoms with Crippen molar-refractivity contribution in [3.8, 4) is 0 Å². The van der Waals surface area contributed by atoms with Crippen molar-refractivity contribution >= 4 is 11.8 Å². The summed E-state index contributed by atoms with van der Waals surface area (Å²) in [6, 6.07) is 0.518. The van der Waals surface area contributed by atoms with Crippen LogP contribution in [-0.2, 0) is 0 Å². The van der Waals surface area contributed by atoms with E-state index >= 15 is 0 Å². The first-order valence-electron chi connectivity index (χ1n) is 5.70. The lowest BCUT2D eigenvalue weighted by Gasteiger charge is -2.25. The maximum absolute atomic E-state index is 10.1. The van der Waals surface area contributed by atoms with E-state index < -0.39 is 5.60 Å². The van der Waals surface area contributed by atoms with Crippen LogP contribution >= 0.6 is 11.8 Å². The fourth-order valence-electron chi connectivity index (χ4n) is 1.93. The van der Waals surface area contributed by atoms with Crippen LogP contribution in [0.2, 0.25) is 0 Å². The molecule has 1 aliphatic carbocycles. The van der Waals surface area contributed by atoms with Crippen molar-refractivity contribution in [2.24, 2.45) is 0 Å². The zero-order valence-electron chi connectivity index (χ0n) is 9.38. The smallest absolute Gasteiger partial charge is 0.0771 e. The van der Waals surface area contributed by atoms with Crippen molar-refractivity contribution in [1.29, 1.82) is 0 Å². The molecule has 1 saturated carbocycles. The minimum atomic E-state index is -0.398. The molecule has 14 heavy (non-hydrogen) atoms. The minimum absolute atomic E-state index is 0.398. The third-order valence-electron chi connectivity index (χ3n) is 2.89. The van der Waals surface area contributed by atoms with Crippen molar-refractivity contribution in [2.75, 3.05) is 18.1 Å². The Morgan fingerprint density at radius 1 is 1.43 bits per heavy atom. The highest BCUT2D eigenvalue weighted by Gasteiger charge is 2.30. The van der Waals surface area contributed by atoms with Gasteiger partial charge in [0.2, 0.25) is 0 Å². The van der Waals surface area contributed by atoms with Gasteiger partial charge in [-0.1, -0.05) is 19.8 Å².